The quantitative estimate of drug-likeness (QED) is 0.743. The van der Waals surface area contributed by atoms with Gasteiger partial charge in [0.25, 0.3) is 0 Å². The molecule has 4 aliphatic rings. The summed E-state index contributed by atoms with van der Waals surface area (Å²) in [7, 11) is 0. The van der Waals surface area contributed by atoms with E-state index in [4.69, 9.17) is 0 Å². The second-order valence-electron chi connectivity index (χ2n) is 7.36. The fraction of sp³-hybridized carbons (Fsp3) is 0.667. The molecule has 21 heavy (non-hydrogen) atoms. The van der Waals surface area contributed by atoms with Crippen LogP contribution in [0.15, 0.2) is 28.3 Å². The van der Waals surface area contributed by atoms with E-state index in [1.54, 1.807) is 6.21 Å². The smallest absolute Gasteiger partial charge is 0.164 e. The number of aliphatic hydroxyl groups is 1. The van der Waals surface area contributed by atoms with Crippen molar-refractivity contribution in [3.05, 3.63) is 23.3 Å². The molecule has 3 saturated carbocycles. The molecule has 0 amide bonds. The van der Waals surface area contributed by atoms with E-state index in [1.165, 1.54) is 11.1 Å². The molecule has 1 unspecified atom stereocenters. The van der Waals surface area contributed by atoms with E-state index in [0.717, 1.165) is 38.5 Å². The Hall–Kier alpha value is -1.22. The van der Waals surface area contributed by atoms with Crippen LogP contribution in [0.4, 0.5) is 0 Å². The van der Waals surface area contributed by atoms with Gasteiger partial charge in [-0.15, -0.1) is 0 Å². The van der Waals surface area contributed by atoms with Crippen molar-refractivity contribution in [3.63, 3.8) is 0 Å². The number of Topliss-reactive ketones (excluding diaryl/α,β-unsaturated/α-hetero) is 1. The van der Waals surface area contributed by atoms with Crippen LogP contribution in [0.1, 0.15) is 45.4 Å². The monoisotopic (exact) mass is 285 g/mol. The molecule has 3 heteroatoms. The van der Waals surface area contributed by atoms with Crippen molar-refractivity contribution in [2.24, 2.45) is 28.2 Å². The predicted molar refractivity (Wildman–Crippen MR) is 82.0 cm³/mol. The molecule has 5 atom stereocenters. The molecule has 0 aromatic rings. The molecular formula is C18H23NO2. The van der Waals surface area contributed by atoms with Gasteiger partial charge in [-0.3, -0.25) is 9.79 Å². The molecule has 3 nitrogen and oxygen atoms in total. The summed E-state index contributed by atoms with van der Waals surface area (Å²) in [5.74, 6) is 2.27. The second kappa shape index (κ2) is 4.64. The highest BCUT2D eigenvalue weighted by Crippen LogP contribution is 2.59. The van der Waals surface area contributed by atoms with E-state index >= 15 is 0 Å². The first-order valence-corrected chi connectivity index (χ1v) is 8.25. The number of nitrogens with zero attached hydrogens (tertiary/aromatic N) is 1. The number of allylic oxidation sites excluding steroid dienone is 3. The van der Waals surface area contributed by atoms with Gasteiger partial charge in [0.05, 0.1) is 0 Å². The van der Waals surface area contributed by atoms with Crippen molar-refractivity contribution in [2.75, 3.05) is 0 Å². The zero-order chi connectivity index (χ0) is 14.6. The fourth-order valence-electron chi connectivity index (χ4n) is 5.40. The summed E-state index contributed by atoms with van der Waals surface area (Å²) in [6, 6.07) is 0. The predicted octanol–water partition coefficient (Wildman–Crippen LogP) is 3.05. The Kier molecular flexibility index (Phi) is 2.97. The lowest BCUT2D eigenvalue weighted by atomic mass is 9.55. The van der Waals surface area contributed by atoms with Crippen LogP contribution in [0, 0.1) is 23.2 Å². The number of hydrogen-bond donors (Lipinski definition) is 1. The van der Waals surface area contributed by atoms with Crippen LogP contribution in [0.25, 0.3) is 0 Å². The summed E-state index contributed by atoms with van der Waals surface area (Å²) < 4.78 is 0. The lowest BCUT2D eigenvalue weighted by Gasteiger charge is -2.49. The van der Waals surface area contributed by atoms with Crippen LogP contribution < -0.4 is 0 Å². The Morgan fingerprint density at radius 1 is 1.29 bits per heavy atom. The van der Waals surface area contributed by atoms with E-state index in [9.17, 15) is 9.90 Å². The van der Waals surface area contributed by atoms with Crippen molar-refractivity contribution in [1.82, 2.24) is 0 Å². The van der Waals surface area contributed by atoms with Crippen LogP contribution >= 0.6 is 0 Å². The highest BCUT2D eigenvalue weighted by atomic mass is 16.3. The van der Waals surface area contributed by atoms with Crippen LogP contribution in [0.2, 0.25) is 0 Å². The lowest BCUT2D eigenvalue weighted by Crippen LogP contribution is -2.43. The Morgan fingerprint density at radius 3 is 3.00 bits per heavy atom. The number of aliphatic imine (C=N–C) groups is 1. The normalized spacial score (nSPS) is 45.1. The average Bonchev–Trinajstić information content (AvgIpc) is 2.65. The zero-order valence-electron chi connectivity index (χ0n) is 12.6. The third-order valence-electron chi connectivity index (χ3n) is 6.51. The molecule has 0 radical (unpaired) electrons. The van der Waals surface area contributed by atoms with Gasteiger partial charge in [0.2, 0.25) is 0 Å². The lowest BCUT2D eigenvalue weighted by molar-refractivity contribution is -0.129. The van der Waals surface area contributed by atoms with Gasteiger partial charge in [-0.05, 0) is 73.2 Å². The summed E-state index contributed by atoms with van der Waals surface area (Å²) in [5.41, 5.74) is 2.61. The molecule has 3 aliphatic carbocycles. The zero-order valence-corrected chi connectivity index (χ0v) is 12.6. The first-order chi connectivity index (χ1) is 10.1. The summed E-state index contributed by atoms with van der Waals surface area (Å²) >= 11 is 0. The van der Waals surface area contributed by atoms with Gasteiger partial charge < -0.3 is 5.11 Å². The first-order valence-electron chi connectivity index (χ1n) is 8.25. The van der Waals surface area contributed by atoms with Crippen LogP contribution in [0.3, 0.4) is 0 Å². The highest BCUT2D eigenvalue weighted by molar-refractivity contribution is 5.87. The molecule has 1 N–H and O–H groups in total. The van der Waals surface area contributed by atoms with Gasteiger partial charge in [-0.25, -0.2) is 0 Å². The molecule has 112 valence electrons. The average molecular weight is 285 g/mol. The van der Waals surface area contributed by atoms with Crippen molar-refractivity contribution in [1.29, 1.82) is 0 Å². The van der Waals surface area contributed by atoms with E-state index in [2.05, 4.69) is 18.0 Å². The van der Waals surface area contributed by atoms with Crippen molar-refractivity contribution < 1.29 is 9.90 Å². The topological polar surface area (TPSA) is 49.7 Å². The molecule has 0 bridgehead atoms. The standard InChI is InChI=1S/C18H23NO2/c1-18-8-6-13-12-7-9-19-17(21)10-11(12)2-3-14(13)15(18)4-5-16(18)20/h7,9-10,13-15,17,21H,2-6,8H2,1H3/t13-,14-,15+,17?,18+/m1/s1. The Labute approximate surface area is 125 Å². The number of ketones is 1. The number of rotatable bonds is 0. The van der Waals surface area contributed by atoms with Gasteiger partial charge in [0, 0.05) is 18.1 Å². The maximum Gasteiger partial charge on any atom is 0.164 e. The third kappa shape index (κ3) is 1.90. The minimum Gasteiger partial charge on any atom is -0.368 e. The summed E-state index contributed by atoms with van der Waals surface area (Å²) in [6.07, 6.45) is 11.3. The first kappa shape index (κ1) is 13.4. The molecule has 3 fully saturated rings. The molecule has 1 aliphatic heterocycles. The van der Waals surface area contributed by atoms with E-state index in [-0.39, 0.29) is 5.41 Å². The minimum atomic E-state index is -0.688. The minimum absolute atomic E-state index is 0.0543. The maximum absolute atomic E-state index is 12.3. The molecule has 1 heterocycles. The van der Waals surface area contributed by atoms with E-state index < -0.39 is 6.23 Å². The van der Waals surface area contributed by atoms with Crippen LogP contribution in [0.5, 0.6) is 0 Å². The van der Waals surface area contributed by atoms with Crippen molar-refractivity contribution in [3.8, 4) is 0 Å². The molecular weight excluding hydrogens is 262 g/mol. The van der Waals surface area contributed by atoms with Crippen molar-refractivity contribution >= 4 is 12.0 Å². The van der Waals surface area contributed by atoms with Crippen molar-refractivity contribution in [2.45, 2.75) is 51.7 Å². The molecule has 0 aromatic carbocycles. The Balaban J connectivity index is 1.69. The number of fused-ring (bicyclic) bond motifs is 5. The van der Waals surface area contributed by atoms with Crippen LogP contribution in [-0.2, 0) is 4.79 Å². The van der Waals surface area contributed by atoms with Gasteiger partial charge >= 0.3 is 0 Å². The van der Waals surface area contributed by atoms with Gasteiger partial charge in [-0.1, -0.05) is 6.92 Å². The summed E-state index contributed by atoms with van der Waals surface area (Å²) in [6.45, 7) is 2.21. The number of aliphatic hydroxyl groups excluding tert-OH is 1. The molecule has 0 saturated heterocycles. The highest BCUT2D eigenvalue weighted by Gasteiger charge is 2.54. The van der Waals surface area contributed by atoms with E-state index in [1.807, 2.05) is 6.08 Å². The Bertz CT molecular complexity index is 574. The van der Waals surface area contributed by atoms with Crippen LogP contribution in [-0.4, -0.2) is 23.3 Å². The third-order valence-corrected chi connectivity index (χ3v) is 6.51. The van der Waals surface area contributed by atoms with Gasteiger partial charge in [0.1, 0.15) is 5.78 Å². The largest absolute Gasteiger partial charge is 0.368 e. The molecule has 4 rings (SSSR count). The second-order valence-corrected chi connectivity index (χ2v) is 7.36. The summed E-state index contributed by atoms with van der Waals surface area (Å²) in [5, 5.41) is 9.80. The summed E-state index contributed by atoms with van der Waals surface area (Å²) in [4.78, 5) is 16.4. The maximum atomic E-state index is 12.3. The number of hydrogen-bond acceptors (Lipinski definition) is 3. The number of carbonyl (C=O) groups excluding carboxylic acids is 1. The van der Waals surface area contributed by atoms with Gasteiger partial charge in [-0.2, -0.15) is 0 Å². The van der Waals surface area contributed by atoms with E-state index in [0.29, 0.717) is 23.5 Å². The Morgan fingerprint density at radius 2 is 2.14 bits per heavy atom. The van der Waals surface area contributed by atoms with Gasteiger partial charge in [0.15, 0.2) is 6.23 Å². The fourth-order valence-corrected chi connectivity index (χ4v) is 5.40. The number of carbonyl (C=O) groups is 1. The molecule has 0 aromatic heterocycles. The molecule has 0 spiro atoms. The SMILES string of the molecule is C[C@]12CC[C@@H]3C4=CC=NC(O)C=C4CC[C@H]3[C@@H]1CCC2=O.